The van der Waals surface area contributed by atoms with E-state index in [4.69, 9.17) is 13.9 Å². The smallest absolute Gasteiger partial charge is 0.325 e. The number of nitrogens with zero attached hydrogens (tertiary/aromatic N) is 1. The number of hydrogen-bond donors (Lipinski definition) is 1. The number of benzene rings is 2. The fraction of sp³-hybridized carbons (Fsp3) is 0.292. The summed E-state index contributed by atoms with van der Waals surface area (Å²) < 4.78 is 30.1. The Hall–Kier alpha value is -3.88. The summed E-state index contributed by atoms with van der Waals surface area (Å²) in [7, 11) is 1.19. The lowest BCUT2D eigenvalue weighted by atomic mass is 9.97. The molecule has 8 nitrogen and oxygen atoms in total. The van der Waals surface area contributed by atoms with Gasteiger partial charge in [-0.1, -0.05) is 30.3 Å². The standard InChI is InChI=1S/C24H23FN2O6/c1-14(15-7-5-4-6-8-15)26-23(30)24(2)13-32-20-17-11-16(25)9-10-18(17)33-21(20)22(29)27(24)12-19(28)31-3/h4-11,14H,12-13H2,1-3H3,(H,26,30)/t14?,24-/m1/s1. The molecule has 2 amide bonds. The number of nitrogens with one attached hydrogen (secondary N) is 1. The highest BCUT2D eigenvalue weighted by atomic mass is 19.1. The second kappa shape index (κ2) is 8.57. The van der Waals surface area contributed by atoms with Gasteiger partial charge in [0.2, 0.25) is 11.7 Å². The Morgan fingerprint density at radius 3 is 2.67 bits per heavy atom. The van der Waals surface area contributed by atoms with Crippen LogP contribution >= 0.6 is 0 Å². The van der Waals surface area contributed by atoms with E-state index in [1.807, 2.05) is 30.3 Å². The van der Waals surface area contributed by atoms with Crippen LogP contribution in [0.15, 0.2) is 52.9 Å². The molecule has 0 saturated carbocycles. The highest BCUT2D eigenvalue weighted by Crippen LogP contribution is 2.38. The zero-order chi connectivity index (χ0) is 23.8. The van der Waals surface area contributed by atoms with Crippen LogP contribution in [0, 0.1) is 5.82 Å². The minimum Gasteiger partial charge on any atom is -0.486 e. The first-order valence-corrected chi connectivity index (χ1v) is 10.3. The summed E-state index contributed by atoms with van der Waals surface area (Å²) in [6, 6.07) is 12.7. The Labute approximate surface area is 189 Å². The highest BCUT2D eigenvalue weighted by molar-refractivity contribution is 6.05. The molecule has 2 atom stereocenters. The third kappa shape index (κ3) is 4.02. The van der Waals surface area contributed by atoms with E-state index in [1.54, 1.807) is 6.92 Å². The Bertz CT molecular complexity index is 1220. The quantitative estimate of drug-likeness (QED) is 0.595. The van der Waals surface area contributed by atoms with E-state index in [0.717, 1.165) is 10.5 Å². The zero-order valence-electron chi connectivity index (χ0n) is 18.4. The van der Waals surface area contributed by atoms with Crippen LogP contribution < -0.4 is 10.1 Å². The molecule has 1 N–H and O–H groups in total. The Balaban J connectivity index is 1.73. The molecule has 1 unspecified atom stereocenters. The second-order valence-corrected chi connectivity index (χ2v) is 8.04. The van der Waals surface area contributed by atoms with Crippen LogP contribution in [-0.2, 0) is 14.3 Å². The predicted molar refractivity (Wildman–Crippen MR) is 116 cm³/mol. The second-order valence-electron chi connectivity index (χ2n) is 8.04. The molecule has 3 aromatic rings. The average molecular weight is 454 g/mol. The van der Waals surface area contributed by atoms with Crippen LogP contribution in [0.4, 0.5) is 4.39 Å². The van der Waals surface area contributed by atoms with Crippen molar-refractivity contribution in [2.45, 2.75) is 25.4 Å². The van der Waals surface area contributed by atoms with Gasteiger partial charge in [-0.05, 0) is 37.6 Å². The Kier molecular flexibility index (Phi) is 5.80. The molecule has 2 aromatic carbocycles. The molecule has 4 rings (SSSR count). The van der Waals surface area contributed by atoms with Crippen molar-refractivity contribution < 1.29 is 32.7 Å². The van der Waals surface area contributed by atoms with Crippen LogP contribution in [-0.4, -0.2) is 48.5 Å². The highest BCUT2D eigenvalue weighted by Gasteiger charge is 2.49. The number of halogens is 1. The van der Waals surface area contributed by atoms with Crippen molar-refractivity contribution in [3.05, 3.63) is 65.7 Å². The molecular weight excluding hydrogens is 431 g/mol. The van der Waals surface area contributed by atoms with E-state index >= 15 is 0 Å². The summed E-state index contributed by atoms with van der Waals surface area (Å²) in [5, 5.41) is 3.15. The number of ether oxygens (including phenoxy) is 2. The van der Waals surface area contributed by atoms with Gasteiger partial charge in [-0.15, -0.1) is 0 Å². The summed E-state index contributed by atoms with van der Waals surface area (Å²) in [6.07, 6.45) is 0. The maximum absolute atomic E-state index is 13.8. The molecule has 9 heteroatoms. The van der Waals surface area contributed by atoms with Crippen molar-refractivity contribution in [1.29, 1.82) is 0 Å². The van der Waals surface area contributed by atoms with Gasteiger partial charge in [0.25, 0.3) is 5.91 Å². The SMILES string of the molecule is COC(=O)CN1C(=O)c2oc3ccc(F)cc3c2OC[C@]1(C)C(=O)NC(C)c1ccccc1. The van der Waals surface area contributed by atoms with E-state index in [9.17, 15) is 18.8 Å². The molecule has 1 aromatic heterocycles. The predicted octanol–water partition coefficient (Wildman–Crippen LogP) is 3.22. The molecule has 0 radical (unpaired) electrons. The first-order valence-electron chi connectivity index (χ1n) is 10.3. The van der Waals surface area contributed by atoms with E-state index in [-0.39, 0.29) is 35.1 Å². The number of fused-ring (bicyclic) bond motifs is 3. The average Bonchev–Trinajstić information content (AvgIpc) is 3.13. The first kappa shape index (κ1) is 22.3. The number of carbonyl (C=O) groups is 3. The first-order chi connectivity index (χ1) is 15.7. The maximum atomic E-state index is 13.8. The van der Waals surface area contributed by atoms with Gasteiger partial charge in [-0.25, -0.2) is 4.39 Å². The third-order valence-corrected chi connectivity index (χ3v) is 5.79. The number of rotatable bonds is 5. The van der Waals surface area contributed by atoms with Gasteiger partial charge in [0.05, 0.1) is 18.5 Å². The molecule has 0 saturated heterocycles. The van der Waals surface area contributed by atoms with Gasteiger partial charge >= 0.3 is 5.97 Å². The molecular formula is C24H23FN2O6. The Morgan fingerprint density at radius 1 is 1.24 bits per heavy atom. The lowest BCUT2D eigenvalue weighted by Gasteiger charge is -2.37. The molecule has 0 bridgehead atoms. The van der Waals surface area contributed by atoms with Crippen molar-refractivity contribution in [3.63, 3.8) is 0 Å². The van der Waals surface area contributed by atoms with Crippen LogP contribution in [0.25, 0.3) is 11.0 Å². The summed E-state index contributed by atoms with van der Waals surface area (Å²) in [6.45, 7) is 2.50. The molecule has 33 heavy (non-hydrogen) atoms. The fourth-order valence-electron chi connectivity index (χ4n) is 3.77. The number of carbonyl (C=O) groups excluding carboxylic acids is 3. The molecule has 2 heterocycles. The van der Waals surface area contributed by atoms with E-state index in [1.165, 1.54) is 32.2 Å². The number of methoxy groups -OCH3 is 1. The molecule has 172 valence electrons. The number of furan rings is 1. The molecule has 1 aliphatic rings. The van der Waals surface area contributed by atoms with Crippen molar-refractivity contribution in [1.82, 2.24) is 10.2 Å². The van der Waals surface area contributed by atoms with Crippen molar-refractivity contribution >= 4 is 28.8 Å². The Morgan fingerprint density at radius 2 is 1.97 bits per heavy atom. The number of amides is 2. The topological polar surface area (TPSA) is 98.1 Å². The summed E-state index contributed by atoms with van der Waals surface area (Å²) >= 11 is 0. The van der Waals surface area contributed by atoms with Crippen molar-refractivity contribution in [2.24, 2.45) is 0 Å². The van der Waals surface area contributed by atoms with Gasteiger partial charge in [-0.3, -0.25) is 14.4 Å². The van der Waals surface area contributed by atoms with Gasteiger partial charge < -0.3 is 24.1 Å². The maximum Gasteiger partial charge on any atom is 0.325 e. The van der Waals surface area contributed by atoms with Crippen LogP contribution in [0.2, 0.25) is 0 Å². The summed E-state index contributed by atoms with van der Waals surface area (Å²) in [5.41, 5.74) is -0.475. The normalized spacial score (nSPS) is 18.8. The van der Waals surface area contributed by atoms with Gasteiger partial charge in [0, 0.05) is 0 Å². The number of hydrogen-bond acceptors (Lipinski definition) is 6. The third-order valence-electron chi connectivity index (χ3n) is 5.79. The molecule has 0 fully saturated rings. The lowest BCUT2D eigenvalue weighted by molar-refractivity contribution is -0.145. The van der Waals surface area contributed by atoms with Crippen LogP contribution in [0.5, 0.6) is 5.75 Å². The summed E-state index contributed by atoms with van der Waals surface area (Å²) in [4.78, 5) is 40.2. The summed E-state index contributed by atoms with van der Waals surface area (Å²) in [5.74, 6) is -2.71. The minimum absolute atomic E-state index is 0.0250. The van der Waals surface area contributed by atoms with Crippen molar-refractivity contribution in [2.75, 3.05) is 20.3 Å². The van der Waals surface area contributed by atoms with E-state index in [2.05, 4.69) is 5.32 Å². The van der Waals surface area contributed by atoms with E-state index in [0.29, 0.717) is 0 Å². The molecule has 0 spiro atoms. The lowest BCUT2D eigenvalue weighted by Crippen LogP contribution is -2.62. The van der Waals surface area contributed by atoms with Crippen LogP contribution in [0.3, 0.4) is 0 Å². The largest absolute Gasteiger partial charge is 0.486 e. The fourth-order valence-corrected chi connectivity index (χ4v) is 3.77. The molecule has 0 aliphatic carbocycles. The van der Waals surface area contributed by atoms with E-state index < -0.39 is 35.7 Å². The van der Waals surface area contributed by atoms with Gasteiger partial charge in [0.1, 0.15) is 24.6 Å². The van der Waals surface area contributed by atoms with Gasteiger partial charge in [-0.2, -0.15) is 0 Å². The van der Waals surface area contributed by atoms with Crippen molar-refractivity contribution in [3.8, 4) is 5.75 Å². The zero-order valence-corrected chi connectivity index (χ0v) is 18.4. The van der Waals surface area contributed by atoms with Gasteiger partial charge in [0.15, 0.2) is 11.3 Å². The van der Waals surface area contributed by atoms with Crippen LogP contribution in [0.1, 0.15) is 36.0 Å². The monoisotopic (exact) mass is 454 g/mol. The minimum atomic E-state index is -1.59. The number of esters is 1. The molecule has 1 aliphatic heterocycles.